The Balaban J connectivity index is 1.41. The molecule has 4 rings (SSSR count). The molecule has 2 N–H and O–H groups in total. The van der Waals surface area contributed by atoms with Crippen molar-refractivity contribution < 1.29 is 4.79 Å². The van der Waals surface area contributed by atoms with E-state index in [4.69, 9.17) is 10.7 Å². The monoisotopic (exact) mass is 435 g/mol. The second-order valence-corrected chi connectivity index (χ2v) is 9.41. The van der Waals surface area contributed by atoms with Crippen LogP contribution in [0.2, 0.25) is 0 Å². The van der Waals surface area contributed by atoms with Gasteiger partial charge in [-0.25, -0.2) is 9.97 Å². The van der Waals surface area contributed by atoms with Crippen LogP contribution in [-0.4, -0.2) is 25.3 Å². The summed E-state index contributed by atoms with van der Waals surface area (Å²) in [6.07, 6.45) is 16.0. The number of fused-ring (bicyclic) bond motifs is 3. The van der Waals surface area contributed by atoms with Crippen LogP contribution in [0.1, 0.15) is 89.8 Å². The normalized spacial score (nSPS) is 15.0. The van der Waals surface area contributed by atoms with E-state index < -0.39 is 0 Å². The van der Waals surface area contributed by atoms with E-state index in [1.54, 1.807) is 6.20 Å². The van der Waals surface area contributed by atoms with Crippen molar-refractivity contribution in [3.63, 3.8) is 0 Å². The van der Waals surface area contributed by atoms with Crippen molar-refractivity contribution in [2.24, 2.45) is 5.92 Å². The molecule has 3 aromatic rings. The highest BCUT2D eigenvalue weighted by atomic mass is 16.1. The number of nitrogen functional groups attached to an aromatic ring is 1. The molecule has 6 nitrogen and oxygen atoms in total. The summed E-state index contributed by atoms with van der Waals surface area (Å²) >= 11 is 0. The van der Waals surface area contributed by atoms with E-state index in [1.807, 2.05) is 12.1 Å². The molecule has 0 amide bonds. The molecule has 0 spiro atoms. The van der Waals surface area contributed by atoms with E-state index in [0.717, 1.165) is 85.8 Å². The first-order valence-corrected chi connectivity index (χ1v) is 12.6. The maximum atomic E-state index is 12.4. The second kappa shape index (κ2) is 10.9. The lowest BCUT2D eigenvalue weighted by atomic mass is 9.85. The zero-order chi connectivity index (χ0) is 22.3. The lowest BCUT2D eigenvalue weighted by Gasteiger charge is -2.20. The van der Waals surface area contributed by atoms with Crippen molar-refractivity contribution in [1.29, 1.82) is 0 Å². The van der Waals surface area contributed by atoms with Gasteiger partial charge in [-0.05, 0) is 37.3 Å². The number of carbonyl (C=O) groups is 1. The van der Waals surface area contributed by atoms with Gasteiger partial charge in [0.25, 0.3) is 0 Å². The van der Waals surface area contributed by atoms with Crippen LogP contribution in [0.4, 0.5) is 5.82 Å². The zero-order valence-corrected chi connectivity index (χ0v) is 19.5. The fourth-order valence-corrected chi connectivity index (χ4v) is 5.12. The largest absolute Gasteiger partial charge is 0.382 e. The summed E-state index contributed by atoms with van der Waals surface area (Å²) < 4.78 is 2.31. The lowest BCUT2D eigenvalue weighted by molar-refractivity contribution is -0.120. The number of aryl methyl sites for hydroxylation is 2. The van der Waals surface area contributed by atoms with E-state index in [-0.39, 0.29) is 0 Å². The molecule has 1 aliphatic carbocycles. The quantitative estimate of drug-likeness (QED) is 0.373. The number of aromatic nitrogens is 4. The number of unbranched alkanes of at least 4 members (excludes halogenated alkanes) is 3. The molecule has 0 saturated heterocycles. The number of anilines is 1. The summed E-state index contributed by atoms with van der Waals surface area (Å²) in [5.41, 5.74) is 9.73. The molecule has 0 atom stereocenters. The first-order valence-electron chi connectivity index (χ1n) is 12.6. The number of hydrogen-bond donors (Lipinski definition) is 1. The fraction of sp³-hybridized carbons (Fsp3) is 0.615. The molecule has 0 aliphatic heterocycles. The van der Waals surface area contributed by atoms with Gasteiger partial charge in [0.2, 0.25) is 0 Å². The average molecular weight is 436 g/mol. The van der Waals surface area contributed by atoms with Crippen LogP contribution in [0.5, 0.6) is 0 Å². The van der Waals surface area contributed by atoms with Crippen LogP contribution in [-0.2, 0) is 17.8 Å². The number of hydrogen-bond acceptors (Lipinski definition) is 5. The minimum Gasteiger partial charge on any atom is -0.382 e. The van der Waals surface area contributed by atoms with Crippen molar-refractivity contribution in [2.45, 2.75) is 96.9 Å². The maximum absolute atomic E-state index is 12.4. The number of ketones is 1. The predicted octanol–water partition coefficient (Wildman–Crippen LogP) is 6.00. The highest BCUT2D eigenvalue weighted by Crippen LogP contribution is 2.29. The molecule has 3 aromatic heterocycles. The van der Waals surface area contributed by atoms with Crippen molar-refractivity contribution in [2.75, 3.05) is 5.73 Å². The Hall–Kier alpha value is -2.50. The number of Topliss-reactive ketones (excluding diaryl/α,β-unsaturated/α-hetero) is 1. The van der Waals surface area contributed by atoms with E-state index in [0.29, 0.717) is 17.5 Å². The summed E-state index contributed by atoms with van der Waals surface area (Å²) in [4.78, 5) is 26.4. The third-order valence-corrected chi connectivity index (χ3v) is 6.87. The number of pyridine rings is 2. The fourth-order valence-electron chi connectivity index (χ4n) is 5.12. The van der Waals surface area contributed by atoms with Crippen molar-refractivity contribution >= 4 is 33.7 Å². The van der Waals surface area contributed by atoms with Gasteiger partial charge in [0.15, 0.2) is 5.82 Å². The van der Waals surface area contributed by atoms with Gasteiger partial charge in [-0.3, -0.25) is 9.78 Å². The molecule has 0 unspecified atom stereocenters. The van der Waals surface area contributed by atoms with Gasteiger partial charge in [0.1, 0.15) is 28.2 Å². The summed E-state index contributed by atoms with van der Waals surface area (Å²) in [5.74, 6) is 2.66. The highest BCUT2D eigenvalue weighted by molar-refractivity contribution is 6.04. The second-order valence-electron chi connectivity index (χ2n) is 9.41. The van der Waals surface area contributed by atoms with E-state index >= 15 is 0 Å². The van der Waals surface area contributed by atoms with Gasteiger partial charge < -0.3 is 10.3 Å². The molecule has 0 bridgehead atoms. The third-order valence-electron chi connectivity index (χ3n) is 6.87. The zero-order valence-electron chi connectivity index (χ0n) is 19.5. The Kier molecular flexibility index (Phi) is 7.72. The lowest BCUT2D eigenvalue weighted by Crippen LogP contribution is -2.12. The van der Waals surface area contributed by atoms with Gasteiger partial charge in [0, 0.05) is 32.0 Å². The van der Waals surface area contributed by atoms with E-state index in [1.165, 1.54) is 32.1 Å². The van der Waals surface area contributed by atoms with Crippen LogP contribution in [0.15, 0.2) is 18.3 Å². The standard InChI is InChI=1S/C26H37N5O/c1-2-3-15-22-30-24-25(23-21(29-26(24)27)14-10-16-28-23)31(22)17-9-5-8-13-20(32)18-19-11-6-4-7-12-19/h10,14,16,19H,2-9,11-13,15,17-18H2,1H3,(H2,27,29). The molecule has 3 heterocycles. The molecule has 1 aliphatic rings. The maximum Gasteiger partial charge on any atom is 0.152 e. The Bertz CT molecular complexity index is 1050. The van der Waals surface area contributed by atoms with Crippen LogP contribution in [0, 0.1) is 5.92 Å². The Morgan fingerprint density at radius 1 is 1.09 bits per heavy atom. The van der Waals surface area contributed by atoms with Crippen molar-refractivity contribution in [3.8, 4) is 0 Å². The van der Waals surface area contributed by atoms with Gasteiger partial charge in [-0.15, -0.1) is 0 Å². The van der Waals surface area contributed by atoms with Crippen molar-refractivity contribution in [1.82, 2.24) is 19.5 Å². The first kappa shape index (κ1) is 22.7. The minimum absolute atomic E-state index is 0.461. The number of rotatable bonds is 11. The molecular weight excluding hydrogens is 398 g/mol. The molecule has 32 heavy (non-hydrogen) atoms. The third kappa shape index (κ3) is 5.28. The molecule has 0 aromatic carbocycles. The first-order chi connectivity index (χ1) is 15.7. The smallest absolute Gasteiger partial charge is 0.152 e. The molecule has 1 fully saturated rings. The molecule has 6 heteroatoms. The van der Waals surface area contributed by atoms with Crippen LogP contribution in [0.3, 0.4) is 0 Å². The van der Waals surface area contributed by atoms with Crippen LogP contribution < -0.4 is 5.73 Å². The Morgan fingerprint density at radius 2 is 1.94 bits per heavy atom. The van der Waals surface area contributed by atoms with E-state index in [2.05, 4.69) is 21.5 Å². The predicted molar refractivity (Wildman–Crippen MR) is 131 cm³/mol. The average Bonchev–Trinajstić information content (AvgIpc) is 3.17. The summed E-state index contributed by atoms with van der Waals surface area (Å²) in [6.45, 7) is 3.08. The highest BCUT2D eigenvalue weighted by Gasteiger charge is 2.18. The Labute approximate surface area is 191 Å². The number of nitrogens with zero attached hydrogens (tertiary/aromatic N) is 4. The van der Waals surface area contributed by atoms with Gasteiger partial charge in [-0.1, -0.05) is 51.9 Å². The van der Waals surface area contributed by atoms with Gasteiger partial charge in [0.05, 0.1) is 5.52 Å². The number of nitrogens with two attached hydrogens (primary N) is 1. The van der Waals surface area contributed by atoms with Gasteiger partial charge in [-0.2, -0.15) is 0 Å². The topological polar surface area (TPSA) is 86.7 Å². The van der Waals surface area contributed by atoms with Crippen LogP contribution in [0.25, 0.3) is 22.1 Å². The molecule has 1 saturated carbocycles. The summed E-state index contributed by atoms with van der Waals surface area (Å²) in [5, 5.41) is 0. The Morgan fingerprint density at radius 3 is 2.75 bits per heavy atom. The summed E-state index contributed by atoms with van der Waals surface area (Å²) in [7, 11) is 0. The minimum atomic E-state index is 0.461. The number of imidazole rings is 1. The van der Waals surface area contributed by atoms with Crippen molar-refractivity contribution in [3.05, 3.63) is 24.2 Å². The molecule has 172 valence electrons. The molecular formula is C26H37N5O. The SMILES string of the molecule is CCCCc1nc2c(N)nc3cccnc3c2n1CCCCCC(=O)CC1CCCCC1. The van der Waals surface area contributed by atoms with Crippen LogP contribution >= 0.6 is 0 Å². The number of carbonyl (C=O) groups excluding carboxylic acids is 1. The van der Waals surface area contributed by atoms with E-state index in [9.17, 15) is 4.79 Å². The summed E-state index contributed by atoms with van der Waals surface area (Å²) in [6, 6.07) is 3.85. The molecule has 0 radical (unpaired) electrons. The van der Waals surface area contributed by atoms with Gasteiger partial charge >= 0.3 is 0 Å².